The molecule has 4 aliphatic rings. The predicted octanol–water partition coefficient (Wildman–Crippen LogP) is 4.70. The summed E-state index contributed by atoms with van der Waals surface area (Å²) in [5.41, 5.74) is 3.01. The smallest absolute Gasteiger partial charge is 0.0705 e. The highest BCUT2D eigenvalue weighted by molar-refractivity contribution is 5.78. The van der Waals surface area contributed by atoms with Gasteiger partial charge in [0, 0.05) is 16.5 Å². The summed E-state index contributed by atoms with van der Waals surface area (Å²) in [5.74, 6) is 2.98. The van der Waals surface area contributed by atoms with Crippen molar-refractivity contribution in [2.75, 3.05) is 0 Å². The van der Waals surface area contributed by atoms with Crippen molar-refractivity contribution in [1.82, 2.24) is 4.98 Å². The van der Waals surface area contributed by atoms with Crippen molar-refractivity contribution in [2.45, 2.75) is 43.9 Å². The SMILES string of the molecule is c1ccc2nc(C34CC5CC(CC(C5)C3)C4)ccc2c1. The predicted molar refractivity (Wildman–Crippen MR) is 81.6 cm³/mol. The lowest BCUT2D eigenvalue weighted by molar-refractivity contribution is -0.00705. The molecule has 0 amide bonds. The average Bonchev–Trinajstić information content (AvgIpc) is 2.45. The summed E-state index contributed by atoms with van der Waals surface area (Å²) in [5, 5.41) is 1.28. The van der Waals surface area contributed by atoms with Crippen LogP contribution < -0.4 is 0 Å². The lowest BCUT2D eigenvalue weighted by Gasteiger charge is -2.56. The molecule has 0 N–H and O–H groups in total. The molecule has 4 fully saturated rings. The van der Waals surface area contributed by atoms with Gasteiger partial charge in [-0.15, -0.1) is 0 Å². The fourth-order valence-electron chi connectivity index (χ4n) is 5.79. The Hall–Kier alpha value is -1.37. The number of benzene rings is 1. The summed E-state index contributed by atoms with van der Waals surface area (Å²) >= 11 is 0. The van der Waals surface area contributed by atoms with Crippen molar-refractivity contribution in [3.8, 4) is 0 Å². The third-order valence-corrected chi connectivity index (χ3v) is 6.18. The molecule has 1 nitrogen and oxygen atoms in total. The van der Waals surface area contributed by atoms with Crippen LogP contribution in [0.25, 0.3) is 10.9 Å². The van der Waals surface area contributed by atoms with E-state index in [1.54, 1.807) is 0 Å². The van der Waals surface area contributed by atoms with E-state index >= 15 is 0 Å². The standard InChI is InChI=1S/C19H21N/c1-2-4-17-16(3-1)5-6-18(20-17)19-10-13-7-14(11-19)9-15(8-13)12-19/h1-6,13-15H,7-12H2. The number of rotatable bonds is 1. The van der Waals surface area contributed by atoms with Crippen LogP contribution in [-0.2, 0) is 5.41 Å². The van der Waals surface area contributed by atoms with Gasteiger partial charge in [0.1, 0.15) is 0 Å². The third kappa shape index (κ3) is 1.52. The zero-order valence-corrected chi connectivity index (χ0v) is 11.9. The molecule has 20 heavy (non-hydrogen) atoms. The van der Waals surface area contributed by atoms with Crippen LogP contribution in [0.15, 0.2) is 36.4 Å². The Morgan fingerprint density at radius 3 is 2.15 bits per heavy atom. The molecule has 102 valence electrons. The average molecular weight is 263 g/mol. The fraction of sp³-hybridized carbons (Fsp3) is 0.526. The Morgan fingerprint density at radius 2 is 1.45 bits per heavy atom. The van der Waals surface area contributed by atoms with Gasteiger partial charge in [-0.1, -0.05) is 24.3 Å². The van der Waals surface area contributed by atoms with Crippen molar-refractivity contribution < 1.29 is 0 Å². The van der Waals surface area contributed by atoms with Crippen LogP contribution in [0.5, 0.6) is 0 Å². The summed E-state index contributed by atoms with van der Waals surface area (Å²) in [6, 6.07) is 13.2. The number of para-hydroxylation sites is 1. The number of hydrogen-bond acceptors (Lipinski definition) is 1. The Morgan fingerprint density at radius 1 is 0.800 bits per heavy atom. The highest BCUT2D eigenvalue weighted by Crippen LogP contribution is 2.60. The third-order valence-electron chi connectivity index (χ3n) is 6.18. The minimum atomic E-state index is 0.429. The van der Waals surface area contributed by atoms with Gasteiger partial charge in [0.15, 0.2) is 0 Å². The van der Waals surface area contributed by atoms with Gasteiger partial charge in [-0.2, -0.15) is 0 Å². The summed E-state index contributed by atoms with van der Waals surface area (Å²) in [4.78, 5) is 5.07. The number of pyridine rings is 1. The summed E-state index contributed by atoms with van der Waals surface area (Å²) in [7, 11) is 0. The Balaban J connectivity index is 1.63. The van der Waals surface area contributed by atoms with Crippen molar-refractivity contribution in [1.29, 1.82) is 0 Å². The second-order valence-corrected chi connectivity index (χ2v) is 7.59. The molecule has 0 saturated heterocycles. The highest BCUT2D eigenvalue weighted by Gasteiger charge is 2.52. The fourth-order valence-corrected chi connectivity index (χ4v) is 5.79. The van der Waals surface area contributed by atoms with Crippen LogP contribution >= 0.6 is 0 Å². The molecule has 4 bridgehead atoms. The van der Waals surface area contributed by atoms with Crippen molar-refractivity contribution in [2.24, 2.45) is 17.8 Å². The molecule has 2 aromatic rings. The Labute approximate surface area is 120 Å². The van der Waals surface area contributed by atoms with E-state index in [-0.39, 0.29) is 0 Å². The van der Waals surface area contributed by atoms with Crippen molar-refractivity contribution in [3.63, 3.8) is 0 Å². The van der Waals surface area contributed by atoms with E-state index < -0.39 is 0 Å². The normalized spacial score (nSPS) is 38.5. The van der Waals surface area contributed by atoms with Gasteiger partial charge >= 0.3 is 0 Å². The molecular formula is C19H21N. The first-order valence-corrected chi connectivity index (χ1v) is 8.17. The number of nitrogens with zero attached hydrogens (tertiary/aromatic N) is 1. The van der Waals surface area contributed by atoms with E-state index in [1.165, 1.54) is 55.1 Å². The van der Waals surface area contributed by atoms with Gasteiger partial charge < -0.3 is 0 Å². The summed E-state index contributed by atoms with van der Waals surface area (Å²) < 4.78 is 0. The first-order valence-electron chi connectivity index (χ1n) is 8.17. The minimum absolute atomic E-state index is 0.429. The van der Waals surface area contributed by atoms with E-state index in [2.05, 4.69) is 36.4 Å². The molecule has 4 saturated carbocycles. The van der Waals surface area contributed by atoms with Crippen LogP contribution in [0.3, 0.4) is 0 Å². The van der Waals surface area contributed by atoms with Crippen LogP contribution in [0.2, 0.25) is 0 Å². The van der Waals surface area contributed by atoms with E-state index in [9.17, 15) is 0 Å². The number of hydrogen-bond donors (Lipinski definition) is 0. The van der Waals surface area contributed by atoms with Crippen LogP contribution in [0.4, 0.5) is 0 Å². The van der Waals surface area contributed by atoms with Gasteiger partial charge in [-0.25, -0.2) is 0 Å². The van der Waals surface area contributed by atoms with Crippen LogP contribution in [-0.4, -0.2) is 4.98 Å². The molecule has 1 heteroatoms. The lowest BCUT2D eigenvalue weighted by Crippen LogP contribution is -2.48. The van der Waals surface area contributed by atoms with E-state index in [1.807, 2.05) is 0 Å². The summed E-state index contributed by atoms with van der Waals surface area (Å²) in [6.07, 6.45) is 8.74. The molecule has 6 rings (SSSR count). The number of aromatic nitrogens is 1. The molecule has 0 radical (unpaired) electrons. The molecule has 0 spiro atoms. The molecule has 1 aromatic heterocycles. The van der Waals surface area contributed by atoms with E-state index in [4.69, 9.17) is 4.98 Å². The van der Waals surface area contributed by atoms with Crippen molar-refractivity contribution >= 4 is 10.9 Å². The molecular weight excluding hydrogens is 242 g/mol. The maximum atomic E-state index is 5.07. The largest absolute Gasteiger partial charge is 0.252 e. The second-order valence-electron chi connectivity index (χ2n) is 7.59. The molecule has 0 unspecified atom stereocenters. The van der Waals surface area contributed by atoms with Crippen molar-refractivity contribution in [3.05, 3.63) is 42.1 Å². The second kappa shape index (κ2) is 3.84. The monoisotopic (exact) mass is 263 g/mol. The Bertz CT molecular complexity index is 637. The molecule has 4 aliphatic carbocycles. The topological polar surface area (TPSA) is 12.9 Å². The maximum Gasteiger partial charge on any atom is 0.0705 e. The van der Waals surface area contributed by atoms with Gasteiger partial charge in [0.2, 0.25) is 0 Å². The highest BCUT2D eigenvalue weighted by atomic mass is 14.7. The molecule has 1 aromatic carbocycles. The maximum absolute atomic E-state index is 5.07. The molecule has 1 heterocycles. The minimum Gasteiger partial charge on any atom is -0.252 e. The van der Waals surface area contributed by atoms with Gasteiger partial charge in [0.05, 0.1) is 5.52 Å². The zero-order valence-electron chi connectivity index (χ0n) is 11.9. The van der Waals surface area contributed by atoms with E-state index in [0.29, 0.717) is 5.41 Å². The van der Waals surface area contributed by atoms with Gasteiger partial charge in [0.25, 0.3) is 0 Å². The molecule has 0 aliphatic heterocycles. The first-order chi connectivity index (χ1) is 9.81. The Kier molecular flexibility index (Phi) is 2.17. The number of fused-ring (bicyclic) bond motifs is 1. The summed E-state index contributed by atoms with van der Waals surface area (Å²) in [6.45, 7) is 0. The van der Waals surface area contributed by atoms with Gasteiger partial charge in [-0.3, -0.25) is 4.98 Å². The van der Waals surface area contributed by atoms with Crippen LogP contribution in [0, 0.1) is 17.8 Å². The first kappa shape index (κ1) is 11.3. The van der Waals surface area contributed by atoms with Crippen LogP contribution in [0.1, 0.15) is 44.2 Å². The molecule has 0 atom stereocenters. The lowest BCUT2D eigenvalue weighted by atomic mass is 9.49. The zero-order chi connectivity index (χ0) is 13.2. The van der Waals surface area contributed by atoms with E-state index in [0.717, 1.165) is 17.8 Å². The van der Waals surface area contributed by atoms with Gasteiger partial charge in [-0.05, 0) is 68.4 Å². The quantitative estimate of drug-likeness (QED) is 0.726.